The summed E-state index contributed by atoms with van der Waals surface area (Å²) in [6.07, 6.45) is -1.42. The predicted molar refractivity (Wildman–Crippen MR) is 93.3 cm³/mol. The molecular weight excluding hydrogens is 344 g/mol. The first-order chi connectivity index (χ1) is 12.0. The van der Waals surface area contributed by atoms with Crippen LogP contribution in [-0.2, 0) is 6.61 Å². The highest BCUT2D eigenvalue weighted by molar-refractivity contribution is 6.33. The van der Waals surface area contributed by atoms with Gasteiger partial charge in [0.05, 0.1) is 0 Å². The first-order valence-corrected chi connectivity index (χ1v) is 7.88. The van der Waals surface area contributed by atoms with Gasteiger partial charge in [-0.05, 0) is 30.7 Å². The minimum atomic E-state index is -1.42. The molecule has 25 heavy (non-hydrogen) atoms. The second-order valence-electron chi connectivity index (χ2n) is 5.31. The third kappa shape index (κ3) is 4.14. The van der Waals surface area contributed by atoms with Crippen molar-refractivity contribution in [2.45, 2.75) is 13.5 Å². The van der Waals surface area contributed by atoms with Crippen LogP contribution in [-0.4, -0.2) is 11.3 Å². The maximum atomic E-state index is 10.5. The zero-order valence-electron chi connectivity index (χ0n) is 13.4. The SMILES string of the molecule is Cc1oc(OC(=O)O)cc1COc1ccc(-c2ccccc2Cl)cc1. The van der Waals surface area contributed by atoms with Gasteiger partial charge in [0.15, 0.2) is 0 Å². The molecule has 0 spiro atoms. The topological polar surface area (TPSA) is 68.9 Å². The number of benzene rings is 2. The number of aryl methyl sites for hydroxylation is 1. The molecule has 0 aliphatic rings. The number of ether oxygens (including phenoxy) is 2. The lowest BCUT2D eigenvalue weighted by Gasteiger charge is -2.08. The standard InChI is InChI=1S/C19H15ClO5/c1-12-14(10-18(24-12)25-19(21)22)11-23-15-8-6-13(7-9-15)16-4-2-3-5-17(16)20/h2-10H,11H2,1H3,(H,21,22). The van der Waals surface area contributed by atoms with E-state index in [9.17, 15) is 4.79 Å². The summed E-state index contributed by atoms with van der Waals surface area (Å²) in [6.45, 7) is 1.96. The molecular formula is C19H15ClO5. The Labute approximate surface area is 149 Å². The van der Waals surface area contributed by atoms with Crippen LogP contribution in [0.1, 0.15) is 11.3 Å². The first-order valence-electron chi connectivity index (χ1n) is 7.51. The molecule has 0 unspecified atom stereocenters. The fraction of sp³-hybridized carbons (Fsp3) is 0.105. The molecule has 0 bridgehead atoms. The molecule has 0 atom stereocenters. The highest BCUT2D eigenvalue weighted by atomic mass is 35.5. The maximum Gasteiger partial charge on any atom is 0.513 e. The van der Waals surface area contributed by atoms with E-state index in [4.69, 9.17) is 25.9 Å². The van der Waals surface area contributed by atoms with Crippen molar-refractivity contribution in [1.82, 2.24) is 0 Å². The van der Waals surface area contributed by atoms with Crippen LogP contribution >= 0.6 is 11.6 Å². The van der Waals surface area contributed by atoms with Gasteiger partial charge in [0.2, 0.25) is 0 Å². The van der Waals surface area contributed by atoms with Gasteiger partial charge in [0.1, 0.15) is 18.1 Å². The molecule has 6 heteroatoms. The van der Waals surface area contributed by atoms with Crippen molar-refractivity contribution in [2.24, 2.45) is 0 Å². The lowest BCUT2D eigenvalue weighted by molar-refractivity contribution is 0.132. The van der Waals surface area contributed by atoms with Gasteiger partial charge in [-0.2, -0.15) is 0 Å². The predicted octanol–water partition coefficient (Wildman–Crippen LogP) is 5.54. The van der Waals surface area contributed by atoms with Crippen molar-refractivity contribution >= 4 is 17.8 Å². The second-order valence-corrected chi connectivity index (χ2v) is 5.71. The van der Waals surface area contributed by atoms with Gasteiger partial charge >= 0.3 is 6.16 Å². The normalized spacial score (nSPS) is 10.5. The van der Waals surface area contributed by atoms with E-state index in [2.05, 4.69) is 4.74 Å². The van der Waals surface area contributed by atoms with E-state index < -0.39 is 6.16 Å². The van der Waals surface area contributed by atoms with Crippen molar-refractivity contribution in [2.75, 3.05) is 0 Å². The average molecular weight is 359 g/mol. The smallest absolute Gasteiger partial charge is 0.489 e. The van der Waals surface area contributed by atoms with E-state index in [1.165, 1.54) is 6.07 Å². The molecule has 2 aromatic carbocycles. The monoisotopic (exact) mass is 358 g/mol. The molecule has 1 heterocycles. The van der Waals surface area contributed by atoms with E-state index in [-0.39, 0.29) is 12.6 Å². The Balaban J connectivity index is 1.67. The second kappa shape index (κ2) is 7.32. The zero-order chi connectivity index (χ0) is 17.8. The summed E-state index contributed by atoms with van der Waals surface area (Å²) in [5, 5.41) is 9.28. The van der Waals surface area contributed by atoms with Gasteiger partial charge < -0.3 is 19.0 Å². The maximum absolute atomic E-state index is 10.5. The number of carbonyl (C=O) groups is 1. The summed E-state index contributed by atoms with van der Waals surface area (Å²) >= 11 is 6.20. The van der Waals surface area contributed by atoms with Crippen LogP contribution in [0.15, 0.2) is 59.0 Å². The van der Waals surface area contributed by atoms with Crippen molar-refractivity contribution < 1.29 is 23.8 Å². The largest absolute Gasteiger partial charge is 0.513 e. The van der Waals surface area contributed by atoms with Crippen molar-refractivity contribution in [3.8, 4) is 22.8 Å². The summed E-state index contributed by atoms with van der Waals surface area (Å²) in [7, 11) is 0. The van der Waals surface area contributed by atoms with Gasteiger partial charge in [-0.15, -0.1) is 0 Å². The van der Waals surface area contributed by atoms with Crippen LogP contribution in [0.3, 0.4) is 0 Å². The summed E-state index contributed by atoms with van der Waals surface area (Å²) < 4.78 is 15.4. The molecule has 3 rings (SSSR count). The van der Waals surface area contributed by atoms with Crippen LogP contribution in [0, 0.1) is 6.92 Å². The van der Waals surface area contributed by atoms with Crippen molar-refractivity contribution in [3.63, 3.8) is 0 Å². The van der Waals surface area contributed by atoms with Gasteiger partial charge in [0, 0.05) is 22.2 Å². The van der Waals surface area contributed by atoms with Gasteiger partial charge in [0.25, 0.3) is 5.95 Å². The Bertz CT molecular complexity index is 883. The molecule has 128 valence electrons. The van der Waals surface area contributed by atoms with Crippen molar-refractivity contribution in [3.05, 3.63) is 70.9 Å². The van der Waals surface area contributed by atoms with Crippen LogP contribution in [0.4, 0.5) is 4.79 Å². The summed E-state index contributed by atoms with van der Waals surface area (Å²) in [6, 6.07) is 16.7. The molecule has 5 nitrogen and oxygen atoms in total. The van der Waals surface area contributed by atoms with Crippen molar-refractivity contribution in [1.29, 1.82) is 0 Å². The molecule has 0 radical (unpaired) electrons. The number of rotatable bonds is 5. The lowest BCUT2D eigenvalue weighted by Crippen LogP contribution is -2.01. The highest BCUT2D eigenvalue weighted by Gasteiger charge is 2.12. The number of halogens is 1. The van der Waals surface area contributed by atoms with E-state index in [1.807, 2.05) is 48.5 Å². The van der Waals surface area contributed by atoms with E-state index >= 15 is 0 Å². The van der Waals surface area contributed by atoms with Crippen LogP contribution in [0.2, 0.25) is 5.02 Å². The summed E-state index contributed by atoms with van der Waals surface area (Å²) in [5.41, 5.74) is 2.66. The molecule has 0 aliphatic heterocycles. The Hall–Kier alpha value is -2.92. The van der Waals surface area contributed by atoms with Gasteiger partial charge in [-0.1, -0.05) is 41.9 Å². The zero-order valence-corrected chi connectivity index (χ0v) is 14.1. The van der Waals surface area contributed by atoms with E-state index in [1.54, 1.807) is 6.92 Å². The quantitative estimate of drug-likeness (QED) is 0.606. The Morgan fingerprint density at radius 3 is 2.56 bits per heavy atom. The molecule has 0 aliphatic carbocycles. The molecule has 1 N–H and O–H groups in total. The lowest BCUT2D eigenvalue weighted by atomic mass is 10.1. The third-order valence-corrected chi connectivity index (χ3v) is 3.95. The summed E-state index contributed by atoms with van der Waals surface area (Å²) in [4.78, 5) is 10.5. The molecule has 1 aromatic heterocycles. The number of hydrogen-bond acceptors (Lipinski definition) is 4. The average Bonchev–Trinajstić information content (AvgIpc) is 2.92. The van der Waals surface area contributed by atoms with Gasteiger partial charge in [-0.3, -0.25) is 0 Å². The third-order valence-electron chi connectivity index (χ3n) is 3.62. The molecule has 0 saturated heterocycles. The molecule has 0 fully saturated rings. The number of hydrogen-bond donors (Lipinski definition) is 1. The Kier molecular flexibility index (Phi) is 4.95. The van der Waals surface area contributed by atoms with Crippen LogP contribution in [0.5, 0.6) is 11.7 Å². The fourth-order valence-electron chi connectivity index (χ4n) is 2.36. The van der Waals surface area contributed by atoms with E-state index in [0.717, 1.165) is 11.1 Å². The molecule has 0 amide bonds. The first kappa shape index (κ1) is 16.9. The van der Waals surface area contributed by atoms with Crippen LogP contribution < -0.4 is 9.47 Å². The highest BCUT2D eigenvalue weighted by Crippen LogP contribution is 2.29. The van der Waals surface area contributed by atoms with Crippen LogP contribution in [0.25, 0.3) is 11.1 Å². The molecule has 0 saturated carbocycles. The number of furan rings is 1. The fourth-order valence-corrected chi connectivity index (χ4v) is 2.60. The Morgan fingerprint density at radius 2 is 1.88 bits per heavy atom. The number of carboxylic acid groups (broad SMARTS) is 1. The minimum Gasteiger partial charge on any atom is -0.489 e. The van der Waals surface area contributed by atoms with Gasteiger partial charge in [-0.25, -0.2) is 4.79 Å². The summed E-state index contributed by atoms with van der Waals surface area (Å²) in [5.74, 6) is 1.15. The minimum absolute atomic E-state index is 0.0716. The Morgan fingerprint density at radius 1 is 1.16 bits per heavy atom. The molecule has 3 aromatic rings. The van der Waals surface area contributed by atoms with E-state index in [0.29, 0.717) is 22.1 Å².